The molecule has 0 unspecified atom stereocenters. The number of hydrogen-bond acceptors (Lipinski definition) is 6. The summed E-state index contributed by atoms with van der Waals surface area (Å²) in [4.78, 5) is 14.9. The van der Waals surface area contributed by atoms with Crippen LogP contribution < -0.4 is 5.53 Å². The van der Waals surface area contributed by atoms with Gasteiger partial charge in [-0.1, -0.05) is 11.6 Å². The topological polar surface area (TPSA) is 57.2 Å². The maximum absolute atomic E-state index is 10.7. The summed E-state index contributed by atoms with van der Waals surface area (Å²) < 4.78 is 4.84. The molecule has 0 fully saturated rings. The van der Waals surface area contributed by atoms with Crippen molar-refractivity contribution >= 4 is 23.3 Å². The normalized spacial score (nSPS) is 18.8. The standard InChI is InChI=1S/C9H11ClN4O2/c1-6-3-8(10)14-9(11-6)4-13(12-14)5-16-7(2)15/h3-4,12H,5H2,1-2H3. The Labute approximate surface area is 97.8 Å². The molecule has 0 aromatic heterocycles. The number of ether oxygens (including phenoxy) is 1. The summed E-state index contributed by atoms with van der Waals surface area (Å²) in [7, 11) is 0. The van der Waals surface area contributed by atoms with Crippen molar-refractivity contribution in [1.29, 1.82) is 0 Å². The molecule has 0 saturated carbocycles. The van der Waals surface area contributed by atoms with Crippen LogP contribution in [0.2, 0.25) is 0 Å². The first-order chi connectivity index (χ1) is 7.56. The summed E-state index contributed by atoms with van der Waals surface area (Å²) in [5.74, 6) is 0.323. The molecule has 1 N–H and O–H groups in total. The van der Waals surface area contributed by atoms with Crippen LogP contribution in [0.25, 0.3) is 0 Å². The molecule has 0 saturated heterocycles. The van der Waals surface area contributed by atoms with Crippen molar-refractivity contribution in [3.63, 3.8) is 0 Å². The molecule has 6 nitrogen and oxygen atoms in total. The molecule has 0 aromatic carbocycles. The Morgan fingerprint density at radius 2 is 2.44 bits per heavy atom. The minimum absolute atomic E-state index is 0.105. The second-order valence-electron chi connectivity index (χ2n) is 3.38. The summed E-state index contributed by atoms with van der Waals surface area (Å²) in [6.07, 6.45) is 3.45. The molecule has 16 heavy (non-hydrogen) atoms. The number of carbonyl (C=O) groups is 1. The average Bonchev–Trinajstić information content (AvgIpc) is 2.57. The molecule has 0 aromatic rings. The molecule has 86 valence electrons. The molecular weight excluding hydrogens is 232 g/mol. The third-order valence-electron chi connectivity index (χ3n) is 1.97. The molecule has 0 aliphatic carbocycles. The number of nitrogens with one attached hydrogen (secondary N) is 1. The first-order valence-corrected chi connectivity index (χ1v) is 5.05. The van der Waals surface area contributed by atoms with E-state index in [2.05, 4.69) is 10.5 Å². The van der Waals surface area contributed by atoms with Crippen LogP contribution in [0.5, 0.6) is 0 Å². The van der Waals surface area contributed by atoms with Gasteiger partial charge in [0.05, 0.1) is 6.20 Å². The molecule has 2 aliphatic rings. The molecular formula is C9H11ClN4O2. The summed E-state index contributed by atoms with van der Waals surface area (Å²) in [5, 5.41) is 3.69. The lowest BCUT2D eigenvalue weighted by Crippen LogP contribution is -2.41. The van der Waals surface area contributed by atoms with Crippen LogP contribution >= 0.6 is 11.6 Å². The lowest BCUT2D eigenvalue weighted by atomic mass is 10.3. The lowest BCUT2D eigenvalue weighted by molar-refractivity contribution is -0.146. The number of nitrogens with zero attached hydrogens (tertiary/aromatic N) is 3. The van der Waals surface area contributed by atoms with Gasteiger partial charge in [-0.25, -0.2) is 10.0 Å². The number of allylic oxidation sites excluding steroid dienone is 1. The number of carbonyl (C=O) groups excluding carboxylic acids is 1. The summed E-state index contributed by atoms with van der Waals surface area (Å²) >= 11 is 6.01. The second kappa shape index (κ2) is 4.15. The van der Waals surface area contributed by atoms with Gasteiger partial charge in [0, 0.05) is 12.6 Å². The van der Waals surface area contributed by atoms with Crippen LogP contribution in [0, 0.1) is 0 Å². The fraction of sp³-hybridized carbons (Fsp3) is 0.333. The van der Waals surface area contributed by atoms with Crippen molar-refractivity contribution in [3.05, 3.63) is 23.3 Å². The molecule has 2 rings (SSSR count). The predicted molar refractivity (Wildman–Crippen MR) is 58.6 cm³/mol. The zero-order chi connectivity index (χ0) is 11.7. The van der Waals surface area contributed by atoms with Gasteiger partial charge in [-0.3, -0.25) is 9.80 Å². The predicted octanol–water partition coefficient (Wildman–Crippen LogP) is 0.898. The van der Waals surface area contributed by atoms with E-state index in [-0.39, 0.29) is 12.7 Å². The second-order valence-corrected chi connectivity index (χ2v) is 3.77. The molecule has 2 aliphatic heterocycles. The number of aliphatic imine (C=N–C) groups is 1. The third-order valence-corrected chi connectivity index (χ3v) is 2.25. The van der Waals surface area contributed by atoms with Crippen LogP contribution in [0.4, 0.5) is 0 Å². The van der Waals surface area contributed by atoms with Crippen molar-refractivity contribution in [2.24, 2.45) is 4.99 Å². The largest absolute Gasteiger partial charge is 0.443 e. The maximum atomic E-state index is 10.7. The highest BCUT2D eigenvalue weighted by Gasteiger charge is 2.25. The van der Waals surface area contributed by atoms with Crippen molar-refractivity contribution in [2.75, 3.05) is 6.73 Å². The molecule has 7 heteroatoms. The van der Waals surface area contributed by atoms with Gasteiger partial charge in [0.1, 0.15) is 5.16 Å². The Morgan fingerprint density at radius 3 is 3.12 bits per heavy atom. The van der Waals surface area contributed by atoms with E-state index >= 15 is 0 Å². The molecule has 0 spiro atoms. The van der Waals surface area contributed by atoms with E-state index in [9.17, 15) is 4.79 Å². The number of hydrazine groups is 2. The quantitative estimate of drug-likeness (QED) is 0.576. The van der Waals surface area contributed by atoms with Gasteiger partial charge in [-0.05, 0) is 13.0 Å². The van der Waals surface area contributed by atoms with Gasteiger partial charge in [0.15, 0.2) is 12.6 Å². The van der Waals surface area contributed by atoms with E-state index in [0.29, 0.717) is 11.0 Å². The van der Waals surface area contributed by atoms with Crippen molar-refractivity contribution < 1.29 is 9.53 Å². The first kappa shape index (κ1) is 11.0. The van der Waals surface area contributed by atoms with Crippen LogP contribution in [0.15, 0.2) is 28.2 Å². The number of esters is 1. The fourth-order valence-corrected chi connectivity index (χ4v) is 1.60. The van der Waals surface area contributed by atoms with Crippen molar-refractivity contribution in [1.82, 2.24) is 15.6 Å². The van der Waals surface area contributed by atoms with Crippen LogP contribution in [-0.2, 0) is 9.53 Å². The van der Waals surface area contributed by atoms with Crippen molar-refractivity contribution in [3.8, 4) is 0 Å². The van der Waals surface area contributed by atoms with Crippen molar-refractivity contribution in [2.45, 2.75) is 13.8 Å². The molecule has 0 bridgehead atoms. The maximum Gasteiger partial charge on any atom is 0.304 e. The summed E-state index contributed by atoms with van der Waals surface area (Å²) in [6.45, 7) is 3.31. The van der Waals surface area contributed by atoms with Crippen LogP contribution in [0.1, 0.15) is 13.8 Å². The van der Waals surface area contributed by atoms with E-state index in [1.165, 1.54) is 6.92 Å². The first-order valence-electron chi connectivity index (χ1n) is 4.67. The molecule has 0 amide bonds. The monoisotopic (exact) mass is 242 g/mol. The Hall–Kier alpha value is -1.53. The average molecular weight is 243 g/mol. The zero-order valence-corrected chi connectivity index (χ0v) is 9.65. The van der Waals surface area contributed by atoms with Gasteiger partial charge in [0.25, 0.3) is 0 Å². The van der Waals surface area contributed by atoms with Gasteiger partial charge in [-0.15, -0.1) is 5.53 Å². The molecule has 0 atom stereocenters. The highest BCUT2D eigenvalue weighted by atomic mass is 35.5. The minimum Gasteiger partial charge on any atom is -0.443 e. The van der Waals surface area contributed by atoms with Gasteiger partial charge < -0.3 is 4.74 Å². The molecule has 0 radical (unpaired) electrons. The van der Waals surface area contributed by atoms with E-state index in [1.54, 1.807) is 22.3 Å². The smallest absolute Gasteiger partial charge is 0.304 e. The van der Waals surface area contributed by atoms with Crippen LogP contribution in [-0.4, -0.2) is 28.4 Å². The van der Waals surface area contributed by atoms with E-state index in [1.807, 2.05) is 6.92 Å². The lowest BCUT2D eigenvalue weighted by Gasteiger charge is -2.23. The minimum atomic E-state index is -0.341. The number of fused-ring (bicyclic) bond motifs is 1. The van der Waals surface area contributed by atoms with E-state index in [0.717, 1.165) is 5.71 Å². The van der Waals surface area contributed by atoms with Gasteiger partial charge in [-0.2, -0.15) is 0 Å². The highest BCUT2D eigenvalue weighted by molar-refractivity contribution is 6.31. The third kappa shape index (κ3) is 2.17. The number of rotatable bonds is 2. The fourth-order valence-electron chi connectivity index (χ4n) is 1.32. The van der Waals surface area contributed by atoms with Crippen LogP contribution in [0.3, 0.4) is 0 Å². The Morgan fingerprint density at radius 1 is 1.69 bits per heavy atom. The van der Waals surface area contributed by atoms with Gasteiger partial charge >= 0.3 is 5.97 Å². The number of halogens is 1. The Kier molecular flexibility index (Phi) is 2.84. The zero-order valence-electron chi connectivity index (χ0n) is 8.90. The SMILES string of the molecule is CC(=O)OCN1C=C2N=C(C)C=C(Cl)N2N1. The molecule has 2 heterocycles. The summed E-state index contributed by atoms with van der Waals surface area (Å²) in [5.41, 5.74) is 3.73. The Balaban J connectivity index is 2.06. The van der Waals surface area contributed by atoms with E-state index in [4.69, 9.17) is 16.3 Å². The Bertz CT molecular complexity index is 416. The van der Waals surface area contributed by atoms with Gasteiger partial charge in [0.2, 0.25) is 0 Å². The van der Waals surface area contributed by atoms with E-state index < -0.39 is 0 Å². The summed E-state index contributed by atoms with van der Waals surface area (Å²) in [6, 6.07) is 0. The highest BCUT2D eigenvalue weighted by Crippen LogP contribution is 2.24. The number of hydrogen-bond donors (Lipinski definition) is 1.